The van der Waals surface area contributed by atoms with Crippen LogP contribution in [0.3, 0.4) is 0 Å². The molecule has 2 N–H and O–H groups in total. The zero-order chi connectivity index (χ0) is 13.5. The summed E-state index contributed by atoms with van der Waals surface area (Å²) in [4.78, 5) is 25.3. The highest BCUT2D eigenvalue weighted by Gasteiger charge is 2.03. The molecule has 5 heteroatoms. The molecule has 1 atom stereocenters. The maximum Gasteiger partial charge on any atom is 0.328 e. The van der Waals surface area contributed by atoms with Crippen LogP contribution in [0.15, 0.2) is 15.8 Å². The van der Waals surface area contributed by atoms with Crippen LogP contribution in [0.5, 0.6) is 0 Å². The van der Waals surface area contributed by atoms with Gasteiger partial charge in [0.2, 0.25) is 0 Å². The third-order valence-electron chi connectivity index (χ3n) is 3.03. The number of H-pyrrole nitrogens is 1. The summed E-state index contributed by atoms with van der Waals surface area (Å²) in [5.74, 6) is 0. The molecule has 1 aromatic heterocycles. The van der Waals surface area contributed by atoms with Crippen LogP contribution in [0.2, 0.25) is 0 Å². The Kier molecular flexibility index (Phi) is 5.85. The largest absolute Gasteiger partial charge is 0.328 e. The minimum atomic E-state index is -0.331. The molecule has 0 saturated heterocycles. The smallest absolute Gasteiger partial charge is 0.312 e. The number of rotatable bonds is 7. The van der Waals surface area contributed by atoms with Crippen LogP contribution in [-0.4, -0.2) is 22.1 Å². The lowest BCUT2D eigenvalue weighted by molar-refractivity contribution is 0.478. The van der Waals surface area contributed by atoms with Gasteiger partial charge < -0.3 is 5.32 Å². The van der Waals surface area contributed by atoms with Crippen LogP contribution in [0.4, 0.5) is 0 Å². The molecule has 0 fully saturated rings. The van der Waals surface area contributed by atoms with Crippen LogP contribution in [0.25, 0.3) is 0 Å². The molecule has 1 rings (SSSR count). The first kappa shape index (κ1) is 14.7. The van der Waals surface area contributed by atoms with Crippen molar-refractivity contribution in [1.82, 2.24) is 14.9 Å². The van der Waals surface area contributed by atoms with E-state index in [0.29, 0.717) is 24.6 Å². The first-order valence-corrected chi connectivity index (χ1v) is 6.64. The van der Waals surface area contributed by atoms with Gasteiger partial charge in [-0.3, -0.25) is 14.3 Å². The van der Waals surface area contributed by atoms with Gasteiger partial charge in [0, 0.05) is 30.9 Å². The first-order valence-electron chi connectivity index (χ1n) is 6.64. The molecule has 1 aromatic rings. The van der Waals surface area contributed by atoms with E-state index in [9.17, 15) is 9.59 Å². The Morgan fingerprint density at radius 3 is 2.72 bits per heavy atom. The number of aromatic nitrogens is 2. The van der Waals surface area contributed by atoms with Gasteiger partial charge in [0.1, 0.15) is 0 Å². The number of nitrogens with one attached hydrogen (secondary N) is 2. The summed E-state index contributed by atoms with van der Waals surface area (Å²) >= 11 is 0. The summed E-state index contributed by atoms with van der Waals surface area (Å²) in [6.45, 7) is 7.50. The lowest BCUT2D eigenvalue weighted by Gasteiger charge is -2.13. The topological polar surface area (TPSA) is 66.9 Å². The van der Waals surface area contributed by atoms with Gasteiger partial charge in [0.15, 0.2) is 0 Å². The molecule has 0 aliphatic carbocycles. The van der Waals surface area contributed by atoms with Gasteiger partial charge in [-0.25, -0.2) is 4.79 Å². The highest BCUT2D eigenvalue weighted by molar-refractivity contribution is 5.03. The van der Waals surface area contributed by atoms with E-state index in [4.69, 9.17) is 0 Å². The molecule has 0 aromatic carbocycles. The average molecular weight is 253 g/mol. The number of hydrogen-bond acceptors (Lipinski definition) is 3. The number of hydrogen-bond donors (Lipinski definition) is 2. The van der Waals surface area contributed by atoms with Crippen LogP contribution in [0, 0.1) is 0 Å². The molecule has 1 unspecified atom stereocenters. The third-order valence-corrected chi connectivity index (χ3v) is 3.03. The lowest BCUT2D eigenvalue weighted by atomic mass is 10.2. The Bertz CT molecular complexity index is 476. The number of aromatic amines is 1. The molecule has 5 nitrogen and oxygen atoms in total. The van der Waals surface area contributed by atoms with Gasteiger partial charge in [-0.1, -0.05) is 20.3 Å². The Hall–Kier alpha value is -1.36. The van der Waals surface area contributed by atoms with Gasteiger partial charge in [0.05, 0.1) is 0 Å². The zero-order valence-electron chi connectivity index (χ0n) is 11.5. The van der Waals surface area contributed by atoms with Gasteiger partial charge in [-0.05, 0) is 19.8 Å². The van der Waals surface area contributed by atoms with Crippen LogP contribution >= 0.6 is 0 Å². The van der Waals surface area contributed by atoms with Gasteiger partial charge >= 0.3 is 5.69 Å². The highest BCUT2D eigenvalue weighted by atomic mass is 16.2. The molecule has 0 aliphatic heterocycles. The molecule has 0 amide bonds. The Morgan fingerprint density at radius 2 is 2.11 bits per heavy atom. The fraction of sp³-hybridized carbons (Fsp3) is 0.692. The predicted octanol–water partition coefficient (Wildman–Crippen LogP) is 0.877. The zero-order valence-corrected chi connectivity index (χ0v) is 11.5. The Balaban J connectivity index is 2.62. The van der Waals surface area contributed by atoms with Crippen molar-refractivity contribution in [3.05, 3.63) is 32.6 Å². The summed E-state index contributed by atoms with van der Waals surface area (Å²) in [5, 5.41) is 3.36. The second-order valence-corrected chi connectivity index (χ2v) is 4.60. The average Bonchev–Trinajstić information content (AvgIpc) is 2.32. The Morgan fingerprint density at radius 1 is 1.39 bits per heavy atom. The maximum absolute atomic E-state index is 11.6. The maximum atomic E-state index is 11.6. The first-order chi connectivity index (χ1) is 8.58. The van der Waals surface area contributed by atoms with Gasteiger partial charge in [0.25, 0.3) is 5.56 Å². The van der Waals surface area contributed by atoms with Crippen molar-refractivity contribution in [2.45, 2.75) is 52.6 Å². The van der Waals surface area contributed by atoms with Crippen molar-refractivity contribution in [2.24, 2.45) is 0 Å². The molecular weight excluding hydrogens is 230 g/mol. The van der Waals surface area contributed by atoms with E-state index in [1.54, 1.807) is 10.8 Å². The van der Waals surface area contributed by atoms with Crippen molar-refractivity contribution in [3.8, 4) is 0 Å². The molecule has 18 heavy (non-hydrogen) atoms. The van der Waals surface area contributed by atoms with Crippen LogP contribution in [-0.2, 0) is 13.0 Å². The van der Waals surface area contributed by atoms with E-state index >= 15 is 0 Å². The summed E-state index contributed by atoms with van der Waals surface area (Å²) in [7, 11) is 0. The Labute approximate surface area is 107 Å². The number of aryl methyl sites for hydroxylation is 1. The predicted molar refractivity (Wildman–Crippen MR) is 73.1 cm³/mol. The molecule has 1 heterocycles. The summed E-state index contributed by atoms with van der Waals surface area (Å²) in [5.41, 5.74) is 0.0458. The van der Waals surface area contributed by atoms with Crippen molar-refractivity contribution < 1.29 is 0 Å². The van der Waals surface area contributed by atoms with Crippen molar-refractivity contribution in [1.29, 1.82) is 0 Å². The quantitative estimate of drug-likeness (QED) is 0.758. The van der Waals surface area contributed by atoms with Gasteiger partial charge in [-0.2, -0.15) is 0 Å². The minimum absolute atomic E-state index is 0.272. The monoisotopic (exact) mass is 253 g/mol. The van der Waals surface area contributed by atoms with Crippen molar-refractivity contribution in [3.63, 3.8) is 0 Å². The van der Waals surface area contributed by atoms with Crippen molar-refractivity contribution >= 4 is 0 Å². The van der Waals surface area contributed by atoms with Crippen molar-refractivity contribution in [2.75, 3.05) is 6.54 Å². The van der Waals surface area contributed by atoms with E-state index in [-0.39, 0.29) is 11.2 Å². The highest BCUT2D eigenvalue weighted by Crippen LogP contribution is 1.94. The van der Waals surface area contributed by atoms with E-state index in [2.05, 4.69) is 24.1 Å². The van der Waals surface area contributed by atoms with E-state index < -0.39 is 0 Å². The molecule has 0 spiro atoms. The normalized spacial score (nSPS) is 12.6. The number of nitrogens with zero attached hydrogens (tertiary/aromatic N) is 1. The second kappa shape index (κ2) is 7.16. The molecule has 0 bridgehead atoms. The van der Waals surface area contributed by atoms with E-state index in [1.807, 2.05) is 6.92 Å². The van der Waals surface area contributed by atoms with Crippen LogP contribution < -0.4 is 16.6 Å². The molecule has 0 saturated carbocycles. The summed E-state index contributed by atoms with van der Waals surface area (Å²) in [6.07, 6.45) is 4.57. The van der Waals surface area contributed by atoms with Gasteiger partial charge in [-0.15, -0.1) is 0 Å². The second-order valence-electron chi connectivity index (χ2n) is 4.60. The summed E-state index contributed by atoms with van der Waals surface area (Å²) in [6, 6.07) is 0.458. The molecule has 0 radical (unpaired) electrons. The standard InChI is InChI=1S/C13H23N3O2/c1-4-6-10(3)14-7-8-16-9-11(5-2)12(17)15-13(16)18/h9-10,14H,4-8H2,1-3H3,(H,15,17,18). The van der Waals surface area contributed by atoms with E-state index in [1.165, 1.54) is 0 Å². The SMILES string of the molecule is CCCC(C)NCCn1cc(CC)c(=O)[nH]c1=O. The fourth-order valence-corrected chi connectivity index (χ4v) is 1.94. The fourth-order valence-electron chi connectivity index (χ4n) is 1.94. The third kappa shape index (κ3) is 4.14. The molecule has 102 valence electrons. The summed E-state index contributed by atoms with van der Waals surface area (Å²) < 4.78 is 1.56. The van der Waals surface area contributed by atoms with E-state index in [0.717, 1.165) is 19.4 Å². The van der Waals surface area contributed by atoms with Crippen LogP contribution in [0.1, 0.15) is 39.2 Å². The lowest BCUT2D eigenvalue weighted by Crippen LogP contribution is -2.36. The molecule has 0 aliphatic rings. The molecular formula is C13H23N3O2. The minimum Gasteiger partial charge on any atom is -0.312 e.